The number of esters is 1. The summed E-state index contributed by atoms with van der Waals surface area (Å²) in [7, 11) is 0. The minimum atomic E-state index is -4.79. The average Bonchev–Trinajstić information content (AvgIpc) is 3.21. The van der Waals surface area contributed by atoms with Crippen molar-refractivity contribution in [2.45, 2.75) is 38.3 Å². The van der Waals surface area contributed by atoms with Crippen LogP contribution in [0, 0.1) is 0 Å². The van der Waals surface area contributed by atoms with Crippen molar-refractivity contribution in [1.82, 2.24) is 5.32 Å². The first-order valence-corrected chi connectivity index (χ1v) is 6.62. The molecule has 1 atom stereocenters. The molecular formula is C14H14F3NO4. The zero-order valence-corrected chi connectivity index (χ0v) is 11.6. The molecule has 8 heteroatoms. The predicted octanol–water partition coefficient (Wildman–Crippen LogP) is 2.41. The Balaban J connectivity index is 1.90. The second-order valence-corrected chi connectivity index (χ2v) is 4.90. The van der Waals surface area contributed by atoms with Gasteiger partial charge in [-0.15, -0.1) is 13.2 Å². The normalized spacial score (nSPS) is 15.8. The predicted molar refractivity (Wildman–Crippen MR) is 69.2 cm³/mol. The third-order valence-corrected chi connectivity index (χ3v) is 2.90. The van der Waals surface area contributed by atoms with Crippen molar-refractivity contribution in [3.05, 3.63) is 29.8 Å². The van der Waals surface area contributed by atoms with Crippen LogP contribution in [-0.2, 0) is 9.53 Å². The maximum absolute atomic E-state index is 12.0. The first-order valence-electron chi connectivity index (χ1n) is 6.62. The van der Waals surface area contributed by atoms with Crippen LogP contribution in [0.3, 0.4) is 0 Å². The van der Waals surface area contributed by atoms with E-state index < -0.39 is 30.1 Å². The fourth-order valence-electron chi connectivity index (χ4n) is 1.62. The molecule has 1 aliphatic rings. The first kappa shape index (κ1) is 16.1. The molecule has 0 aromatic heterocycles. The molecule has 1 aliphatic carbocycles. The number of amides is 1. The molecule has 5 nitrogen and oxygen atoms in total. The van der Waals surface area contributed by atoms with Gasteiger partial charge in [0.25, 0.3) is 5.91 Å². The van der Waals surface area contributed by atoms with E-state index in [0.29, 0.717) is 0 Å². The van der Waals surface area contributed by atoms with Gasteiger partial charge in [-0.25, -0.2) is 4.79 Å². The Morgan fingerprint density at radius 1 is 1.23 bits per heavy atom. The van der Waals surface area contributed by atoms with E-state index in [0.717, 1.165) is 37.1 Å². The van der Waals surface area contributed by atoms with Crippen LogP contribution in [0.15, 0.2) is 24.3 Å². The maximum Gasteiger partial charge on any atom is 0.573 e. The Morgan fingerprint density at radius 3 is 2.32 bits per heavy atom. The smallest absolute Gasteiger partial charge is 0.449 e. The Kier molecular flexibility index (Phi) is 4.58. The minimum absolute atomic E-state index is 0.0283. The lowest BCUT2D eigenvalue weighted by atomic mass is 10.2. The average molecular weight is 317 g/mol. The second-order valence-electron chi connectivity index (χ2n) is 4.90. The van der Waals surface area contributed by atoms with Crippen molar-refractivity contribution in [3.8, 4) is 5.75 Å². The highest BCUT2D eigenvalue weighted by molar-refractivity contribution is 5.92. The van der Waals surface area contributed by atoms with Crippen LogP contribution in [0.2, 0.25) is 0 Å². The van der Waals surface area contributed by atoms with Gasteiger partial charge >= 0.3 is 12.3 Å². The van der Waals surface area contributed by atoms with E-state index in [9.17, 15) is 22.8 Å². The van der Waals surface area contributed by atoms with Crippen LogP contribution in [-0.4, -0.2) is 30.4 Å². The van der Waals surface area contributed by atoms with E-state index in [1.807, 2.05) is 0 Å². The van der Waals surface area contributed by atoms with Crippen LogP contribution in [0.25, 0.3) is 0 Å². The molecule has 0 spiro atoms. The van der Waals surface area contributed by atoms with Crippen molar-refractivity contribution in [3.63, 3.8) is 0 Å². The number of rotatable bonds is 5. The van der Waals surface area contributed by atoms with Gasteiger partial charge in [-0.05, 0) is 44.0 Å². The molecule has 1 amide bonds. The van der Waals surface area contributed by atoms with Gasteiger partial charge in [0, 0.05) is 6.04 Å². The van der Waals surface area contributed by atoms with Crippen LogP contribution < -0.4 is 10.1 Å². The van der Waals surface area contributed by atoms with Gasteiger partial charge in [-0.1, -0.05) is 0 Å². The molecule has 2 rings (SSSR count). The van der Waals surface area contributed by atoms with Gasteiger partial charge in [0.15, 0.2) is 6.10 Å². The Hall–Kier alpha value is -2.25. The number of alkyl halides is 3. The van der Waals surface area contributed by atoms with E-state index in [1.165, 1.54) is 6.92 Å². The second kappa shape index (κ2) is 6.25. The Labute approximate surface area is 124 Å². The van der Waals surface area contributed by atoms with Crippen LogP contribution in [0.5, 0.6) is 5.75 Å². The number of halogens is 3. The molecule has 22 heavy (non-hydrogen) atoms. The maximum atomic E-state index is 12.0. The highest BCUT2D eigenvalue weighted by atomic mass is 19.4. The summed E-state index contributed by atoms with van der Waals surface area (Å²) < 4.78 is 44.7. The van der Waals surface area contributed by atoms with Crippen LogP contribution in [0.1, 0.15) is 30.1 Å². The van der Waals surface area contributed by atoms with Crippen molar-refractivity contribution in [2.75, 3.05) is 0 Å². The minimum Gasteiger partial charge on any atom is -0.449 e. The van der Waals surface area contributed by atoms with Crippen molar-refractivity contribution < 1.29 is 32.2 Å². The van der Waals surface area contributed by atoms with Gasteiger partial charge in [0.2, 0.25) is 0 Å². The Morgan fingerprint density at radius 2 is 1.82 bits per heavy atom. The van der Waals surface area contributed by atoms with Crippen LogP contribution >= 0.6 is 0 Å². The molecule has 120 valence electrons. The number of benzene rings is 1. The fourth-order valence-corrected chi connectivity index (χ4v) is 1.62. The highest BCUT2D eigenvalue weighted by Crippen LogP contribution is 2.23. The van der Waals surface area contributed by atoms with Crippen molar-refractivity contribution >= 4 is 11.9 Å². The number of carbonyl (C=O) groups is 2. The number of ether oxygens (including phenoxy) is 2. The SMILES string of the molecule is C[C@H](OC(=O)c1ccc(OC(F)(F)F)cc1)C(=O)NC1CC1. The van der Waals surface area contributed by atoms with Gasteiger partial charge < -0.3 is 14.8 Å². The molecule has 1 N–H and O–H groups in total. The molecule has 1 aromatic rings. The lowest BCUT2D eigenvalue weighted by Gasteiger charge is -2.13. The van der Waals surface area contributed by atoms with E-state index >= 15 is 0 Å². The topological polar surface area (TPSA) is 64.6 Å². The number of hydrogen-bond acceptors (Lipinski definition) is 4. The zero-order chi connectivity index (χ0) is 16.3. The van der Waals surface area contributed by atoms with E-state index in [4.69, 9.17) is 4.74 Å². The highest BCUT2D eigenvalue weighted by Gasteiger charge is 2.31. The lowest BCUT2D eigenvalue weighted by Crippen LogP contribution is -2.37. The van der Waals surface area contributed by atoms with E-state index in [2.05, 4.69) is 10.1 Å². The molecule has 0 saturated heterocycles. The summed E-state index contributed by atoms with van der Waals surface area (Å²) in [6.07, 6.45) is -3.95. The monoisotopic (exact) mass is 317 g/mol. The molecule has 1 saturated carbocycles. The number of nitrogens with one attached hydrogen (secondary N) is 1. The quantitative estimate of drug-likeness (QED) is 0.847. The third-order valence-electron chi connectivity index (χ3n) is 2.90. The van der Waals surface area contributed by atoms with Gasteiger partial charge in [0.1, 0.15) is 5.75 Å². The molecule has 0 radical (unpaired) electrons. The first-order chi connectivity index (χ1) is 10.2. The fraction of sp³-hybridized carbons (Fsp3) is 0.429. The number of hydrogen-bond donors (Lipinski definition) is 1. The molecule has 0 unspecified atom stereocenters. The van der Waals surface area contributed by atoms with Crippen molar-refractivity contribution in [2.24, 2.45) is 0 Å². The number of carbonyl (C=O) groups excluding carboxylic acids is 2. The van der Waals surface area contributed by atoms with Crippen LogP contribution in [0.4, 0.5) is 13.2 Å². The third kappa shape index (κ3) is 4.94. The summed E-state index contributed by atoms with van der Waals surface area (Å²) in [5.74, 6) is -1.63. The molecule has 0 bridgehead atoms. The summed E-state index contributed by atoms with van der Waals surface area (Å²) in [4.78, 5) is 23.4. The summed E-state index contributed by atoms with van der Waals surface area (Å²) >= 11 is 0. The molecular weight excluding hydrogens is 303 g/mol. The summed E-state index contributed by atoms with van der Waals surface area (Å²) in [6, 6.07) is 4.41. The Bertz CT molecular complexity index is 552. The molecule has 1 fully saturated rings. The lowest BCUT2D eigenvalue weighted by molar-refractivity contribution is -0.274. The van der Waals surface area contributed by atoms with E-state index in [-0.39, 0.29) is 11.6 Å². The van der Waals surface area contributed by atoms with E-state index in [1.54, 1.807) is 0 Å². The van der Waals surface area contributed by atoms with Gasteiger partial charge in [-0.2, -0.15) is 0 Å². The molecule has 0 aliphatic heterocycles. The molecule has 0 heterocycles. The summed E-state index contributed by atoms with van der Waals surface area (Å²) in [5, 5.41) is 2.68. The van der Waals surface area contributed by atoms with Gasteiger partial charge in [-0.3, -0.25) is 4.79 Å². The largest absolute Gasteiger partial charge is 0.573 e. The summed E-state index contributed by atoms with van der Waals surface area (Å²) in [6.45, 7) is 1.43. The standard InChI is InChI=1S/C14H14F3NO4/c1-8(12(19)18-10-4-5-10)21-13(20)9-2-6-11(7-3-9)22-14(15,16)17/h2-3,6-8,10H,4-5H2,1H3,(H,18,19)/t8-/m0/s1. The van der Waals surface area contributed by atoms with Crippen molar-refractivity contribution in [1.29, 1.82) is 0 Å². The van der Waals surface area contributed by atoms with Gasteiger partial charge in [0.05, 0.1) is 5.56 Å². The summed E-state index contributed by atoms with van der Waals surface area (Å²) in [5.41, 5.74) is 0.0283. The molecule has 1 aromatic carbocycles. The zero-order valence-electron chi connectivity index (χ0n) is 11.6.